The number of hydrogen-bond donors (Lipinski definition) is 2. The molecule has 39 heavy (non-hydrogen) atoms. The van der Waals surface area contributed by atoms with Gasteiger partial charge >= 0.3 is 6.09 Å². The molecule has 1 saturated carbocycles. The summed E-state index contributed by atoms with van der Waals surface area (Å²) in [4.78, 5) is 32.2. The Morgan fingerprint density at radius 2 is 1.79 bits per heavy atom. The minimum atomic E-state index is -0.561. The van der Waals surface area contributed by atoms with Crippen molar-refractivity contribution in [3.63, 3.8) is 0 Å². The van der Waals surface area contributed by atoms with Crippen LogP contribution >= 0.6 is 0 Å². The molecule has 3 aromatic carbocycles. The Hall–Kier alpha value is -3.71. The lowest BCUT2D eigenvalue weighted by molar-refractivity contribution is -0.123. The fourth-order valence-electron chi connectivity index (χ4n) is 5.62. The van der Waals surface area contributed by atoms with Crippen molar-refractivity contribution >= 4 is 34.2 Å². The lowest BCUT2D eigenvalue weighted by Crippen LogP contribution is -2.49. The van der Waals surface area contributed by atoms with Crippen molar-refractivity contribution in [2.75, 3.05) is 4.90 Å². The molecule has 1 atom stereocenters. The number of amides is 2. The van der Waals surface area contributed by atoms with Crippen LogP contribution in [-0.4, -0.2) is 35.4 Å². The van der Waals surface area contributed by atoms with Crippen LogP contribution in [0.1, 0.15) is 63.1 Å². The van der Waals surface area contributed by atoms with E-state index in [0.29, 0.717) is 32.4 Å². The Bertz CT molecular complexity index is 1390. The van der Waals surface area contributed by atoms with Gasteiger partial charge in [0, 0.05) is 37.0 Å². The molecule has 2 aliphatic rings. The summed E-state index contributed by atoms with van der Waals surface area (Å²) < 4.78 is 5.32. The molecule has 1 aliphatic carbocycles. The lowest BCUT2D eigenvalue weighted by Gasteiger charge is -2.30. The minimum absolute atomic E-state index is 0.0401. The first-order chi connectivity index (χ1) is 18.7. The lowest BCUT2D eigenvalue weighted by atomic mass is 9.93. The zero-order valence-corrected chi connectivity index (χ0v) is 23.1. The Balaban J connectivity index is 1.31. The molecule has 0 spiro atoms. The Morgan fingerprint density at radius 1 is 1.05 bits per heavy atom. The van der Waals surface area contributed by atoms with Gasteiger partial charge in [0.1, 0.15) is 11.6 Å². The molecule has 5 rings (SSSR count). The number of nitrogens with two attached hydrogens (primary N) is 1. The number of benzene rings is 3. The summed E-state index contributed by atoms with van der Waals surface area (Å²) in [6.45, 7) is 6.59. The molecule has 0 bridgehead atoms. The van der Waals surface area contributed by atoms with E-state index in [1.54, 1.807) is 0 Å². The highest BCUT2D eigenvalue weighted by atomic mass is 16.6. The highest BCUT2D eigenvalue weighted by Crippen LogP contribution is 2.36. The number of nitrogens with one attached hydrogen (secondary N) is 1. The van der Waals surface area contributed by atoms with Gasteiger partial charge in [-0.1, -0.05) is 54.6 Å². The highest BCUT2D eigenvalue weighted by Gasteiger charge is 2.36. The van der Waals surface area contributed by atoms with Gasteiger partial charge in [-0.2, -0.15) is 4.99 Å². The number of rotatable bonds is 5. The monoisotopic (exact) mass is 526 g/mol. The number of carbonyl (C=O) groups is 2. The zero-order valence-electron chi connectivity index (χ0n) is 23.1. The van der Waals surface area contributed by atoms with Crippen molar-refractivity contribution in [3.8, 4) is 0 Å². The minimum Gasteiger partial charge on any atom is -0.442 e. The molecule has 0 saturated heterocycles. The van der Waals surface area contributed by atoms with Gasteiger partial charge in [-0.15, -0.1) is 0 Å². The van der Waals surface area contributed by atoms with Gasteiger partial charge in [0.25, 0.3) is 0 Å². The van der Waals surface area contributed by atoms with Crippen LogP contribution in [0.5, 0.6) is 0 Å². The van der Waals surface area contributed by atoms with Crippen LogP contribution in [0.3, 0.4) is 0 Å². The molecule has 204 valence electrons. The van der Waals surface area contributed by atoms with Crippen molar-refractivity contribution in [3.05, 3.63) is 77.4 Å². The van der Waals surface area contributed by atoms with E-state index >= 15 is 0 Å². The van der Waals surface area contributed by atoms with Gasteiger partial charge in [-0.05, 0) is 80.0 Å². The summed E-state index contributed by atoms with van der Waals surface area (Å²) in [5.41, 5.74) is 10.8. The van der Waals surface area contributed by atoms with E-state index in [1.807, 2.05) is 20.8 Å². The molecule has 7 nitrogen and oxygen atoms in total. The molecule has 1 fully saturated rings. The second kappa shape index (κ2) is 11.2. The van der Waals surface area contributed by atoms with Crippen molar-refractivity contribution in [1.29, 1.82) is 0 Å². The van der Waals surface area contributed by atoms with E-state index in [1.165, 1.54) is 21.9 Å². The van der Waals surface area contributed by atoms with Crippen LogP contribution in [0, 0.1) is 0 Å². The molecule has 1 unspecified atom stereocenters. The fraction of sp³-hybridized carbons (Fsp3) is 0.406. The molecule has 3 aromatic rings. The average Bonchev–Trinajstić information content (AvgIpc) is 3.26. The van der Waals surface area contributed by atoms with Gasteiger partial charge in [0.2, 0.25) is 5.91 Å². The largest absolute Gasteiger partial charge is 0.442 e. The van der Waals surface area contributed by atoms with Gasteiger partial charge in [-0.25, -0.2) is 4.79 Å². The summed E-state index contributed by atoms with van der Waals surface area (Å²) in [6, 6.07) is 20.8. The van der Waals surface area contributed by atoms with Crippen molar-refractivity contribution in [2.24, 2.45) is 10.7 Å². The van der Waals surface area contributed by atoms with Gasteiger partial charge in [0.05, 0.1) is 0 Å². The third kappa shape index (κ3) is 6.31. The maximum Gasteiger partial charge on any atom is 0.434 e. The predicted octanol–water partition coefficient (Wildman–Crippen LogP) is 5.66. The van der Waals surface area contributed by atoms with Crippen molar-refractivity contribution in [1.82, 2.24) is 5.32 Å². The van der Waals surface area contributed by atoms with Crippen LogP contribution in [0.2, 0.25) is 0 Å². The van der Waals surface area contributed by atoms with E-state index in [-0.39, 0.29) is 18.0 Å². The van der Waals surface area contributed by atoms with Crippen LogP contribution < -0.4 is 16.0 Å². The number of nitrogens with zero attached hydrogens (tertiary/aromatic N) is 2. The van der Waals surface area contributed by atoms with E-state index in [0.717, 1.165) is 29.8 Å². The fourth-order valence-corrected chi connectivity index (χ4v) is 5.62. The van der Waals surface area contributed by atoms with E-state index < -0.39 is 11.7 Å². The van der Waals surface area contributed by atoms with Crippen molar-refractivity contribution < 1.29 is 14.3 Å². The maximum absolute atomic E-state index is 13.7. The number of hydrogen-bond acceptors (Lipinski definition) is 5. The van der Waals surface area contributed by atoms with Crippen molar-refractivity contribution in [2.45, 2.75) is 83.6 Å². The molecular weight excluding hydrogens is 488 g/mol. The molecule has 1 heterocycles. The van der Waals surface area contributed by atoms with Crippen LogP contribution in [0.4, 0.5) is 10.5 Å². The SMILES string of the molecule is CC(C)(C)OC(=O)N=C1CCC(NC(=O)C2Cc3ccc(CN)cc3N2Cc2cccc3ccccc23)CC1. The standard InChI is InChI=1S/C32H38N4O3/c1-32(2,3)39-31(38)35-26-15-13-25(14-16-26)34-30(37)29-18-23-12-11-21(19-33)17-28(23)36(29)20-24-9-6-8-22-7-4-5-10-27(22)24/h4-12,17,25,29H,13-16,18-20,33H2,1-3H3,(H,34,37). The molecule has 1 aliphatic heterocycles. The second-order valence-electron chi connectivity index (χ2n) is 11.6. The smallest absolute Gasteiger partial charge is 0.434 e. The van der Waals surface area contributed by atoms with E-state index in [9.17, 15) is 9.59 Å². The summed E-state index contributed by atoms with van der Waals surface area (Å²) >= 11 is 0. The number of carbonyl (C=O) groups excluding carboxylic acids is 2. The number of anilines is 1. The molecular formula is C32H38N4O3. The maximum atomic E-state index is 13.7. The Morgan fingerprint density at radius 3 is 2.54 bits per heavy atom. The first-order valence-electron chi connectivity index (χ1n) is 13.8. The first-order valence-corrected chi connectivity index (χ1v) is 13.8. The summed E-state index contributed by atoms with van der Waals surface area (Å²) in [5, 5.41) is 5.71. The van der Waals surface area contributed by atoms with Gasteiger partial charge < -0.3 is 20.7 Å². The Labute approximate surface area is 230 Å². The van der Waals surface area contributed by atoms with Crippen LogP contribution in [0.15, 0.2) is 65.7 Å². The normalized spacial score (nSPS) is 19.1. The van der Waals surface area contributed by atoms with Gasteiger partial charge in [0.15, 0.2) is 0 Å². The molecule has 3 N–H and O–H groups in total. The highest BCUT2D eigenvalue weighted by molar-refractivity contribution is 5.94. The quantitative estimate of drug-likeness (QED) is 0.447. The molecule has 2 amide bonds. The zero-order chi connectivity index (χ0) is 27.6. The summed E-state index contributed by atoms with van der Waals surface area (Å²) in [6.07, 6.45) is 2.99. The third-order valence-electron chi connectivity index (χ3n) is 7.56. The van der Waals surface area contributed by atoms with Gasteiger partial charge in [-0.3, -0.25) is 4.79 Å². The summed E-state index contributed by atoms with van der Waals surface area (Å²) in [7, 11) is 0. The second-order valence-corrected chi connectivity index (χ2v) is 11.6. The topological polar surface area (TPSA) is 97.0 Å². The predicted molar refractivity (Wildman–Crippen MR) is 156 cm³/mol. The van der Waals surface area contributed by atoms with E-state index in [2.05, 4.69) is 75.9 Å². The van der Waals surface area contributed by atoms with E-state index in [4.69, 9.17) is 10.5 Å². The average molecular weight is 527 g/mol. The molecule has 7 heteroatoms. The third-order valence-corrected chi connectivity index (χ3v) is 7.56. The Kier molecular flexibility index (Phi) is 7.71. The van der Waals surface area contributed by atoms with Crippen LogP contribution in [-0.2, 0) is 29.0 Å². The number of ether oxygens (including phenoxy) is 1. The summed E-state index contributed by atoms with van der Waals surface area (Å²) in [5.74, 6) is 0.0401. The first kappa shape index (κ1) is 26.9. The molecule has 0 aromatic heterocycles. The molecule has 0 radical (unpaired) electrons. The number of aliphatic imine (C=N–C) groups is 1. The number of fused-ring (bicyclic) bond motifs is 2. The van der Waals surface area contributed by atoms with Crippen LogP contribution in [0.25, 0.3) is 10.8 Å².